The lowest BCUT2D eigenvalue weighted by Gasteiger charge is -2.04. The molecule has 0 aromatic carbocycles. The molecule has 21 heavy (non-hydrogen) atoms. The third-order valence-electron chi connectivity index (χ3n) is 2.79. The summed E-state index contributed by atoms with van der Waals surface area (Å²) in [7, 11) is -3.89. The van der Waals surface area contributed by atoms with E-state index in [2.05, 4.69) is 15.1 Å². The van der Waals surface area contributed by atoms with Crippen LogP contribution in [0.2, 0.25) is 0 Å². The van der Waals surface area contributed by atoms with Crippen molar-refractivity contribution in [2.75, 3.05) is 5.73 Å². The Kier molecular flexibility index (Phi) is 2.85. The highest BCUT2D eigenvalue weighted by atomic mass is 32.2. The van der Waals surface area contributed by atoms with Crippen molar-refractivity contribution in [1.29, 1.82) is 0 Å². The van der Waals surface area contributed by atoms with Crippen LogP contribution < -0.4 is 10.9 Å². The van der Waals surface area contributed by atoms with Crippen molar-refractivity contribution >= 4 is 21.6 Å². The van der Waals surface area contributed by atoms with Crippen LogP contribution in [-0.4, -0.2) is 28.0 Å². The van der Waals surface area contributed by atoms with Gasteiger partial charge in [-0.3, -0.25) is 4.98 Å². The predicted molar refractivity (Wildman–Crippen MR) is 72.0 cm³/mol. The van der Waals surface area contributed by atoms with E-state index in [0.717, 1.165) is 10.7 Å². The van der Waals surface area contributed by atoms with Gasteiger partial charge in [0.05, 0.1) is 0 Å². The maximum Gasteiger partial charge on any atom is 0.240 e. The second-order valence-electron chi connectivity index (χ2n) is 4.26. The molecule has 10 heteroatoms. The van der Waals surface area contributed by atoms with E-state index in [4.69, 9.17) is 10.9 Å². The fourth-order valence-electron chi connectivity index (χ4n) is 1.86. The average Bonchev–Trinajstić information content (AvgIpc) is 2.79. The molecular weight excluding hydrogens is 299 g/mol. The van der Waals surface area contributed by atoms with Gasteiger partial charge in [0.25, 0.3) is 0 Å². The first-order valence-electron chi connectivity index (χ1n) is 5.64. The Hall–Kier alpha value is -2.59. The number of nitrogen functional groups attached to an aromatic ring is 1. The van der Waals surface area contributed by atoms with Gasteiger partial charge in [-0.1, -0.05) is 0 Å². The monoisotopic (exact) mass is 308 g/mol. The quantitative estimate of drug-likeness (QED) is 0.649. The van der Waals surface area contributed by atoms with Crippen molar-refractivity contribution < 1.29 is 12.8 Å². The number of rotatable bonds is 2. The molecule has 0 saturated heterocycles. The zero-order valence-electron chi connectivity index (χ0n) is 10.4. The lowest BCUT2D eigenvalue weighted by molar-refractivity contribution is 0.546. The highest BCUT2D eigenvalue weighted by molar-refractivity contribution is 7.89. The van der Waals surface area contributed by atoms with E-state index in [0.29, 0.717) is 11.1 Å². The molecule has 0 aliphatic heterocycles. The van der Waals surface area contributed by atoms with Crippen molar-refractivity contribution in [2.45, 2.75) is 4.90 Å². The number of anilines is 1. The normalized spacial score (nSPS) is 11.9. The zero-order valence-corrected chi connectivity index (χ0v) is 11.2. The van der Waals surface area contributed by atoms with Crippen LogP contribution in [0.5, 0.6) is 0 Å². The van der Waals surface area contributed by atoms with Crippen LogP contribution in [0.25, 0.3) is 16.8 Å². The van der Waals surface area contributed by atoms with Gasteiger partial charge in [0.1, 0.15) is 4.90 Å². The molecule has 0 saturated carbocycles. The minimum atomic E-state index is -3.89. The van der Waals surface area contributed by atoms with E-state index in [-0.39, 0.29) is 16.5 Å². The Morgan fingerprint density at radius 3 is 2.62 bits per heavy atom. The number of fused-ring (bicyclic) bond motifs is 1. The average molecular weight is 308 g/mol. The molecule has 3 aromatic heterocycles. The van der Waals surface area contributed by atoms with Crippen molar-refractivity contribution in [3.8, 4) is 11.1 Å². The van der Waals surface area contributed by atoms with Gasteiger partial charge in [0.15, 0.2) is 5.65 Å². The Morgan fingerprint density at radius 2 is 1.90 bits per heavy atom. The highest BCUT2D eigenvalue weighted by Gasteiger charge is 2.13. The van der Waals surface area contributed by atoms with Crippen LogP contribution in [0, 0.1) is 5.95 Å². The number of aromatic nitrogens is 4. The van der Waals surface area contributed by atoms with Gasteiger partial charge in [0.2, 0.25) is 21.9 Å². The van der Waals surface area contributed by atoms with Crippen molar-refractivity contribution in [3.05, 3.63) is 36.5 Å². The molecule has 0 unspecified atom stereocenters. The van der Waals surface area contributed by atoms with E-state index in [1.54, 1.807) is 0 Å². The van der Waals surface area contributed by atoms with Crippen LogP contribution in [0.3, 0.4) is 0 Å². The number of hydrogen-bond donors (Lipinski definition) is 2. The molecule has 8 nitrogen and oxygen atoms in total. The van der Waals surface area contributed by atoms with E-state index < -0.39 is 16.0 Å². The largest absolute Gasteiger partial charge is 0.366 e. The topological polar surface area (TPSA) is 129 Å². The summed E-state index contributed by atoms with van der Waals surface area (Å²) in [5, 5.41) is 8.72. The molecule has 0 bridgehead atoms. The van der Waals surface area contributed by atoms with E-state index in [1.807, 2.05) is 0 Å². The Morgan fingerprint density at radius 1 is 1.14 bits per heavy atom. The molecule has 0 radical (unpaired) electrons. The van der Waals surface area contributed by atoms with Gasteiger partial charge in [-0.15, -0.1) is 5.10 Å². The molecule has 3 rings (SSSR count). The van der Waals surface area contributed by atoms with E-state index in [9.17, 15) is 12.8 Å². The molecule has 3 heterocycles. The molecular formula is C11H9FN6O2S. The van der Waals surface area contributed by atoms with Gasteiger partial charge in [-0.2, -0.15) is 13.9 Å². The molecule has 108 valence electrons. The first-order chi connectivity index (χ1) is 9.84. The number of primary sulfonamides is 1. The molecule has 4 N–H and O–H groups in total. The van der Waals surface area contributed by atoms with Crippen LogP contribution in [0.1, 0.15) is 0 Å². The molecule has 0 spiro atoms. The van der Waals surface area contributed by atoms with Gasteiger partial charge in [0, 0.05) is 24.0 Å². The highest BCUT2D eigenvalue weighted by Crippen LogP contribution is 2.23. The first kappa shape index (κ1) is 13.4. The number of pyridine rings is 2. The number of halogens is 1. The standard InChI is InChI=1S/C11H9FN6O2S/c12-9-2-6(3-10-16-11(13)17-18(9)10)7-1-8(5-15-4-7)21(14,19)20/h1-5H,(H2,13,17)(H2,14,19,20). The van der Waals surface area contributed by atoms with Crippen molar-refractivity contribution in [2.24, 2.45) is 5.14 Å². The van der Waals surface area contributed by atoms with Gasteiger partial charge < -0.3 is 5.73 Å². The summed E-state index contributed by atoms with van der Waals surface area (Å²) in [5.41, 5.74) is 6.37. The van der Waals surface area contributed by atoms with Gasteiger partial charge in [-0.25, -0.2) is 13.6 Å². The van der Waals surface area contributed by atoms with Crippen molar-refractivity contribution in [1.82, 2.24) is 19.6 Å². The summed E-state index contributed by atoms with van der Waals surface area (Å²) in [6, 6.07) is 3.98. The Labute approximate surface area is 118 Å². The van der Waals surface area contributed by atoms with E-state index >= 15 is 0 Å². The lowest BCUT2D eigenvalue weighted by Crippen LogP contribution is -2.12. The third kappa shape index (κ3) is 2.41. The summed E-state index contributed by atoms with van der Waals surface area (Å²) in [4.78, 5) is 7.49. The number of hydrogen-bond acceptors (Lipinski definition) is 6. The van der Waals surface area contributed by atoms with Crippen LogP contribution in [0.15, 0.2) is 35.5 Å². The summed E-state index contributed by atoms with van der Waals surface area (Å²) in [5.74, 6) is -0.754. The fourth-order valence-corrected chi connectivity index (χ4v) is 2.36. The second kappa shape index (κ2) is 4.46. The summed E-state index contributed by atoms with van der Waals surface area (Å²) < 4.78 is 37.5. The van der Waals surface area contributed by atoms with Gasteiger partial charge >= 0.3 is 0 Å². The summed E-state index contributed by atoms with van der Waals surface area (Å²) in [6.07, 6.45) is 2.50. The molecule has 3 aromatic rings. The van der Waals surface area contributed by atoms with E-state index in [1.165, 1.54) is 24.4 Å². The third-order valence-corrected chi connectivity index (χ3v) is 3.67. The zero-order chi connectivity index (χ0) is 15.2. The predicted octanol–water partition coefficient (Wildman–Crippen LogP) is 0.160. The molecule has 0 aliphatic carbocycles. The SMILES string of the molecule is Nc1nc2cc(-c3cncc(S(N)(=O)=O)c3)cc(F)n2n1. The van der Waals surface area contributed by atoms with Crippen LogP contribution >= 0.6 is 0 Å². The Bertz CT molecular complexity index is 953. The second-order valence-corrected chi connectivity index (χ2v) is 5.82. The van der Waals surface area contributed by atoms with Crippen LogP contribution in [0.4, 0.5) is 10.3 Å². The number of nitrogens with zero attached hydrogens (tertiary/aromatic N) is 4. The maximum atomic E-state index is 13.9. The summed E-state index contributed by atoms with van der Waals surface area (Å²) in [6.45, 7) is 0. The fraction of sp³-hybridized carbons (Fsp3) is 0. The minimum absolute atomic E-state index is 0.0672. The molecule has 0 atom stereocenters. The smallest absolute Gasteiger partial charge is 0.240 e. The molecule has 0 fully saturated rings. The van der Waals surface area contributed by atoms with Crippen LogP contribution in [-0.2, 0) is 10.0 Å². The number of sulfonamides is 1. The number of nitrogens with two attached hydrogens (primary N) is 2. The maximum absolute atomic E-state index is 13.9. The lowest BCUT2D eigenvalue weighted by atomic mass is 10.1. The summed E-state index contributed by atoms with van der Waals surface area (Å²) >= 11 is 0. The minimum Gasteiger partial charge on any atom is -0.366 e. The van der Waals surface area contributed by atoms with Crippen molar-refractivity contribution in [3.63, 3.8) is 0 Å². The Balaban J connectivity index is 2.21. The van der Waals surface area contributed by atoms with Gasteiger partial charge in [-0.05, 0) is 17.7 Å². The first-order valence-corrected chi connectivity index (χ1v) is 7.19. The molecule has 0 aliphatic rings. The molecule has 0 amide bonds.